The van der Waals surface area contributed by atoms with Crippen molar-refractivity contribution in [1.29, 1.82) is 5.26 Å². The molecule has 0 bridgehead atoms. The summed E-state index contributed by atoms with van der Waals surface area (Å²) in [6.45, 7) is 3.87. The standard InChI is InChI=1S/C27H22ClN3O2S/c1-17-8-11-19(12-9-17)14-24-26(33)31(21-6-4-3-5-7-21)27(34-24)22(16-29)25(32)30-20-13-10-18(2)23(28)15-20/h3-13,15,24H,14H2,1-2H3,(H,30,32). The molecule has 0 aliphatic carbocycles. The molecule has 0 aromatic heterocycles. The lowest BCUT2D eigenvalue weighted by atomic mass is 10.1. The van der Waals surface area contributed by atoms with E-state index >= 15 is 0 Å². The predicted octanol–water partition coefficient (Wildman–Crippen LogP) is 6.02. The van der Waals surface area contributed by atoms with E-state index in [2.05, 4.69) is 5.32 Å². The number of para-hydroxylation sites is 1. The Balaban J connectivity index is 1.70. The number of hydrogen-bond acceptors (Lipinski definition) is 4. The van der Waals surface area contributed by atoms with Crippen molar-refractivity contribution in [2.75, 3.05) is 10.2 Å². The molecule has 34 heavy (non-hydrogen) atoms. The van der Waals surface area contributed by atoms with Crippen molar-refractivity contribution < 1.29 is 9.59 Å². The Morgan fingerprint density at radius 3 is 2.44 bits per heavy atom. The largest absolute Gasteiger partial charge is 0.321 e. The molecular weight excluding hydrogens is 466 g/mol. The normalized spacial score (nSPS) is 16.8. The number of nitrogens with zero attached hydrogens (tertiary/aromatic N) is 2. The summed E-state index contributed by atoms with van der Waals surface area (Å²) in [6.07, 6.45) is 0.491. The highest BCUT2D eigenvalue weighted by Gasteiger charge is 2.40. The second kappa shape index (κ2) is 10.2. The molecule has 170 valence electrons. The van der Waals surface area contributed by atoms with Crippen LogP contribution >= 0.6 is 23.4 Å². The van der Waals surface area contributed by atoms with E-state index in [9.17, 15) is 14.9 Å². The van der Waals surface area contributed by atoms with Crippen LogP contribution in [0.15, 0.2) is 83.4 Å². The Labute approximate surface area is 208 Å². The zero-order valence-corrected chi connectivity index (χ0v) is 20.3. The first-order chi connectivity index (χ1) is 16.4. The zero-order chi connectivity index (χ0) is 24.2. The van der Waals surface area contributed by atoms with E-state index in [0.717, 1.165) is 16.7 Å². The topological polar surface area (TPSA) is 73.2 Å². The van der Waals surface area contributed by atoms with Crippen LogP contribution in [-0.2, 0) is 16.0 Å². The maximum atomic E-state index is 13.5. The maximum absolute atomic E-state index is 13.5. The second-order valence-corrected chi connectivity index (χ2v) is 9.61. The van der Waals surface area contributed by atoms with Crippen LogP contribution in [0.25, 0.3) is 0 Å². The Bertz CT molecular complexity index is 1310. The molecule has 0 spiro atoms. The Morgan fingerprint density at radius 2 is 1.79 bits per heavy atom. The van der Waals surface area contributed by atoms with Gasteiger partial charge in [0.05, 0.1) is 5.25 Å². The number of halogens is 1. The number of aryl methyl sites for hydroxylation is 2. The number of carbonyl (C=O) groups is 2. The van der Waals surface area contributed by atoms with Crippen molar-refractivity contribution in [3.63, 3.8) is 0 Å². The van der Waals surface area contributed by atoms with Crippen LogP contribution in [0.3, 0.4) is 0 Å². The van der Waals surface area contributed by atoms with Gasteiger partial charge in [0, 0.05) is 16.4 Å². The number of rotatable bonds is 5. The quantitative estimate of drug-likeness (QED) is 0.352. The number of thioether (sulfide) groups is 1. The second-order valence-electron chi connectivity index (χ2n) is 8.02. The first kappa shape index (κ1) is 23.6. The fourth-order valence-corrected chi connectivity index (χ4v) is 5.09. The highest BCUT2D eigenvalue weighted by molar-refractivity contribution is 8.05. The van der Waals surface area contributed by atoms with E-state index in [-0.39, 0.29) is 11.5 Å². The van der Waals surface area contributed by atoms with Gasteiger partial charge in [-0.3, -0.25) is 14.5 Å². The van der Waals surface area contributed by atoms with Crippen LogP contribution in [0.1, 0.15) is 16.7 Å². The van der Waals surface area contributed by atoms with Gasteiger partial charge in [0.25, 0.3) is 5.91 Å². The summed E-state index contributed by atoms with van der Waals surface area (Å²) >= 11 is 7.43. The fraction of sp³-hybridized carbons (Fsp3) is 0.148. The van der Waals surface area contributed by atoms with Gasteiger partial charge in [0.2, 0.25) is 5.91 Å². The van der Waals surface area contributed by atoms with Gasteiger partial charge in [-0.25, -0.2) is 0 Å². The average Bonchev–Trinajstić information content (AvgIpc) is 3.14. The molecule has 3 aromatic rings. The highest BCUT2D eigenvalue weighted by atomic mass is 35.5. The van der Waals surface area contributed by atoms with Gasteiger partial charge in [-0.15, -0.1) is 0 Å². The van der Waals surface area contributed by atoms with Gasteiger partial charge in [0.15, 0.2) is 0 Å². The fourth-order valence-electron chi connectivity index (χ4n) is 3.60. The summed E-state index contributed by atoms with van der Waals surface area (Å²) in [7, 11) is 0. The van der Waals surface area contributed by atoms with Gasteiger partial charge >= 0.3 is 0 Å². The number of amides is 2. The summed E-state index contributed by atoms with van der Waals surface area (Å²) in [4.78, 5) is 28.1. The Morgan fingerprint density at radius 1 is 1.09 bits per heavy atom. The Hall–Kier alpha value is -3.53. The molecular formula is C27H22ClN3O2S. The molecule has 1 N–H and O–H groups in total. The minimum Gasteiger partial charge on any atom is -0.321 e. The van der Waals surface area contributed by atoms with Crippen molar-refractivity contribution in [1.82, 2.24) is 0 Å². The van der Waals surface area contributed by atoms with Crippen LogP contribution in [0, 0.1) is 25.2 Å². The number of benzene rings is 3. The molecule has 0 saturated carbocycles. The summed E-state index contributed by atoms with van der Waals surface area (Å²) < 4.78 is 0. The summed E-state index contributed by atoms with van der Waals surface area (Å²) in [5.41, 5.74) is 4.00. The van der Waals surface area contributed by atoms with Gasteiger partial charge in [0.1, 0.15) is 16.7 Å². The lowest BCUT2D eigenvalue weighted by Crippen LogP contribution is -2.30. The molecule has 1 heterocycles. The maximum Gasteiger partial charge on any atom is 0.269 e. The van der Waals surface area contributed by atoms with Gasteiger partial charge in [-0.1, -0.05) is 77.5 Å². The van der Waals surface area contributed by atoms with Crippen molar-refractivity contribution in [3.8, 4) is 6.07 Å². The zero-order valence-electron chi connectivity index (χ0n) is 18.7. The third-order valence-electron chi connectivity index (χ3n) is 5.49. The van der Waals surface area contributed by atoms with Crippen LogP contribution < -0.4 is 10.2 Å². The molecule has 3 aromatic carbocycles. The molecule has 1 fully saturated rings. The molecule has 4 rings (SSSR count). The molecule has 1 unspecified atom stereocenters. The molecule has 5 nitrogen and oxygen atoms in total. The summed E-state index contributed by atoms with van der Waals surface area (Å²) in [5.74, 6) is -0.750. The van der Waals surface area contributed by atoms with Crippen molar-refractivity contribution in [3.05, 3.63) is 105 Å². The van der Waals surface area contributed by atoms with Crippen LogP contribution in [0.5, 0.6) is 0 Å². The van der Waals surface area contributed by atoms with Gasteiger partial charge in [-0.05, 0) is 55.7 Å². The smallest absolute Gasteiger partial charge is 0.269 e. The van der Waals surface area contributed by atoms with E-state index in [4.69, 9.17) is 11.6 Å². The molecule has 1 aliphatic rings. The van der Waals surface area contributed by atoms with E-state index in [1.165, 1.54) is 16.7 Å². The number of nitriles is 1. The first-order valence-corrected chi connectivity index (χ1v) is 12.0. The molecule has 1 saturated heterocycles. The van der Waals surface area contributed by atoms with Crippen LogP contribution in [-0.4, -0.2) is 17.1 Å². The van der Waals surface area contributed by atoms with Gasteiger partial charge < -0.3 is 5.32 Å². The lowest BCUT2D eigenvalue weighted by Gasteiger charge is -2.18. The van der Waals surface area contributed by atoms with Crippen molar-refractivity contribution in [2.24, 2.45) is 0 Å². The Kier molecular flexibility index (Phi) is 7.06. The third kappa shape index (κ3) is 5.01. The lowest BCUT2D eigenvalue weighted by molar-refractivity contribution is -0.117. The van der Waals surface area contributed by atoms with E-state index < -0.39 is 11.2 Å². The third-order valence-corrected chi connectivity index (χ3v) is 7.16. The molecule has 0 radical (unpaired) electrons. The molecule has 1 atom stereocenters. The molecule has 1 aliphatic heterocycles. The molecule has 2 amide bonds. The minimum atomic E-state index is -0.588. The number of carbonyl (C=O) groups excluding carboxylic acids is 2. The average molecular weight is 488 g/mol. The number of nitrogens with one attached hydrogen (secondary N) is 1. The molecule has 7 heteroatoms. The minimum absolute atomic E-state index is 0.120. The van der Waals surface area contributed by atoms with Crippen LogP contribution in [0.2, 0.25) is 5.02 Å². The van der Waals surface area contributed by atoms with Crippen molar-refractivity contribution in [2.45, 2.75) is 25.5 Å². The van der Waals surface area contributed by atoms with Gasteiger partial charge in [-0.2, -0.15) is 5.26 Å². The van der Waals surface area contributed by atoms with E-state index in [0.29, 0.717) is 27.8 Å². The van der Waals surface area contributed by atoms with Crippen LogP contribution in [0.4, 0.5) is 11.4 Å². The monoisotopic (exact) mass is 487 g/mol. The SMILES string of the molecule is Cc1ccc(CC2SC(=C(C#N)C(=O)Nc3ccc(C)c(Cl)c3)N(c3ccccc3)C2=O)cc1. The van der Waals surface area contributed by atoms with E-state index in [1.54, 1.807) is 30.3 Å². The highest BCUT2D eigenvalue weighted by Crippen LogP contribution is 2.42. The first-order valence-electron chi connectivity index (χ1n) is 10.7. The number of anilines is 2. The summed E-state index contributed by atoms with van der Waals surface area (Å²) in [5, 5.41) is 13.1. The van der Waals surface area contributed by atoms with E-state index in [1.807, 2.05) is 62.4 Å². The predicted molar refractivity (Wildman–Crippen MR) is 138 cm³/mol. The number of hydrogen-bond donors (Lipinski definition) is 1. The van der Waals surface area contributed by atoms with Crippen molar-refractivity contribution >= 4 is 46.6 Å². The summed E-state index contributed by atoms with van der Waals surface area (Å²) in [6, 6.07) is 24.2.